The van der Waals surface area contributed by atoms with E-state index in [1.165, 1.54) is 4.90 Å². The van der Waals surface area contributed by atoms with Gasteiger partial charge in [0.25, 0.3) is 11.8 Å². The number of hydrogen-bond acceptors (Lipinski definition) is 4. The van der Waals surface area contributed by atoms with Gasteiger partial charge in [-0.05, 0) is 66.6 Å². The number of urea groups is 1. The molecule has 0 aromatic heterocycles. The fraction of sp³-hybridized carbons (Fsp3) is 0.192. The second-order valence-corrected chi connectivity index (χ2v) is 8.03. The Morgan fingerprint density at radius 2 is 1.67 bits per heavy atom. The summed E-state index contributed by atoms with van der Waals surface area (Å²) in [6.07, 6.45) is 0.514. The Morgan fingerprint density at radius 1 is 0.970 bits per heavy atom. The molecule has 1 fully saturated rings. The van der Waals surface area contributed by atoms with Crippen LogP contribution in [0.4, 0.5) is 16.2 Å². The topological polar surface area (TPSA) is 79.0 Å². The molecule has 33 heavy (non-hydrogen) atoms. The van der Waals surface area contributed by atoms with Crippen molar-refractivity contribution >= 4 is 29.2 Å². The Balaban J connectivity index is 1.30. The molecule has 0 spiro atoms. The highest BCUT2D eigenvalue weighted by Gasteiger charge is 2.47. The minimum atomic E-state index is -0.491. The predicted molar refractivity (Wildman–Crippen MR) is 124 cm³/mol. The molecule has 2 aliphatic heterocycles. The van der Waals surface area contributed by atoms with Gasteiger partial charge in [-0.3, -0.25) is 9.59 Å². The van der Waals surface area contributed by atoms with Gasteiger partial charge >= 0.3 is 6.03 Å². The average Bonchev–Trinajstić information content (AvgIpc) is 3.08. The van der Waals surface area contributed by atoms with Crippen LogP contribution in [0.15, 0.2) is 72.8 Å². The second kappa shape index (κ2) is 8.43. The van der Waals surface area contributed by atoms with E-state index in [2.05, 4.69) is 5.32 Å². The van der Waals surface area contributed by atoms with E-state index in [-0.39, 0.29) is 17.8 Å². The summed E-state index contributed by atoms with van der Waals surface area (Å²) in [6, 6.07) is 20.7. The number of nitrogens with zero attached hydrogens (tertiary/aromatic N) is 2. The van der Waals surface area contributed by atoms with Gasteiger partial charge in [-0.2, -0.15) is 0 Å². The Morgan fingerprint density at radius 3 is 2.36 bits per heavy atom. The largest absolute Gasteiger partial charge is 0.494 e. The van der Waals surface area contributed by atoms with Gasteiger partial charge in [0, 0.05) is 24.2 Å². The van der Waals surface area contributed by atoms with E-state index in [0.717, 1.165) is 16.9 Å². The summed E-state index contributed by atoms with van der Waals surface area (Å²) in [5, 5.41) is 2.83. The van der Waals surface area contributed by atoms with E-state index < -0.39 is 6.04 Å². The molecule has 7 heteroatoms. The first kappa shape index (κ1) is 20.8. The van der Waals surface area contributed by atoms with Gasteiger partial charge in [0.15, 0.2) is 0 Å². The van der Waals surface area contributed by atoms with Crippen molar-refractivity contribution in [3.05, 3.63) is 89.5 Å². The molecular formula is C26H23N3O4. The van der Waals surface area contributed by atoms with Crippen LogP contribution in [0.25, 0.3) is 0 Å². The zero-order valence-electron chi connectivity index (χ0n) is 18.2. The van der Waals surface area contributed by atoms with E-state index in [4.69, 9.17) is 4.74 Å². The number of carbonyl (C=O) groups excluding carboxylic acids is 3. The third kappa shape index (κ3) is 3.82. The van der Waals surface area contributed by atoms with E-state index >= 15 is 0 Å². The van der Waals surface area contributed by atoms with Crippen LogP contribution >= 0.6 is 0 Å². The quantitative estimate of drug-likeness (QED) is 0.601. The summed E-state index contributed by atoms with van der Waals surface area (Å²) in [7, 11) is 0. The van der Waals surface area contributed by atoms with Crippen molar-refractivity contribution in [1.82, 2.24) is 4.90 Å². The Hall–Kier alpha value is -4.13. The standard InChI is InChI=1S/C26H23N3O4/c1-2-33-22-13-9-20(10-14-22)27-24(30)17-7-11-21(12-8-17)29-25(31)23-15-18-5-3-4-6-19(18)16-28(23)26(29)32/h3-14,23H,2,15-16H2,1H3,(H,27,30)/t23-/m0/s1. The van der Waals surface area contributed by atoms with Crippen LogP contribution in [0.3, 0.4) is 0 Å². The Bertz CT molecular complexity index is 1180. The minimum absolute atomic E-state index is 0.235. The van der Waals surface area contributed by atoms with Gasteiger partial charge in [0.05, 0.1) is 12.3 Å². The minimum Gasteiger partial charge on any atom is -0.494 e. The fourth-order valence-electron chi connectivity index (χ4n) is 4.32. The summed E-state index contributed by atoms with van der Waals surface area (Å²) in [4.78, 5) is 41.6. The van der Waals surface area contributed by atoms with Crippen molar-refractivity contribution in [2.75, 3.05) is 16.8 Å². The monoisotopic (exact) mass is 441 g/mol. The molecule has 0 saturated carbocycles. The normalized spacial score (nSPS) is 16.9. The van der Waals surface area contributed by atoms with Crippen LogP contribution in [0.2, 0.25) is 0 Å². The number of amides is 4. The first-order chi connectivity index (χ1) is 16.0. The molecule has 1 N–H and O–H groups in total. The van der Waals surface area contributed by atoms with Crippen molar-refractivity contribution in [2.24, 2.45) is 0 Å². The molecule has 2 heterocycles. The predicted octanol–water partition coefficient (Wildman–Crippen LogP) is 4.23. The number of fused-ring (bicyclic) bond motifs is 2. The SMILES string of the molecule is CCOc1ccc(NC(=O)c2ccc(N3C(=O)[C@@H]4Cc5ccccc5CN4C3=O)cc2)cc1. The van der Waals surface area contributed by atoms with Gasteiger partial charge in [0.1, 0.15) is 11.8 Å². The molecule has 3 aromatic carbocycles. The number of anilines is 2. The number of nitrogens with one attached hydrogen (secondary N) is 1. The molecule has 1 saturated heterocycles. The maximum absolute atomic E-state index is 13.1. The lowest BCUT2D eigenvalue weighted by molar-refractivity contribution is -0.120. The fourth-order valence-corrected chi connectivity index (χ4v) is 4.32. The number of rotatable bonds is 5. The smallest absolute Gasteiger partial charge is 0.332 e. The van der Waals surface area contributed by atoms with Crippen LogP contribution in [0.1, 0.15) is 28.4 Å². The summed E-state index contributed by atoms with van der Waals surface area (Å²) >= 11 is 0. The first-order valence-electron chi connectivity index (χ1n) is 10.9. The van der Waals surface area contributed by atoms with E-state index in [1.807, 2.05) is 31.2 Å². The van der Waals surface area contributed by atoms with Gasteiger partial charge in [-0.1, -0.05) is 24.3 Å². The molecule has 7 nitrogen and oxygen atoms in total. The summed E-state index contributed by atoms with van der Waals surface area (Å²) in [5.41, 5.74) is 3.70. The molecule has 0 bridgehead atoms. The Kier molecular flexibility index (Phi) is 5.30. The molecule has 3 aromatic rings. The molecular weight excluding hydrogens is 418 g/mol. The maximum Gasteiger partial charge on any atom is 0.332 e. The third-order valence-electron chi connectivity index (χ3n) is 6.00. The van der Waals surface area contributed by atoms with Crippen molar-refractivity contribution < 1.29 is 19.1 Å². The summed E-state index contributed by atoms with van der Waals surface area (Å²) in [6.45, 7) is 2.91. The zero-order valence-corrected chi connectivity index (χ0v) is 18.2. The number of benzene rings is 3. The van der Waals surface area contributed by atoms with E-state index in [1.54, 1.807) is 53.4 Å². The number of ether oxygens (including phenoxy) is 1. The third-order valence-corrected chi connectivity index (χ3v) is 6.00. The van der Waals surface area contributed by atoms with Crippen molar-refractivity contribution in [2.45, 2.75) is 25.9 Å². The van der Waals surface area contributed by atoms with E-state index in [0.29, 0.717) is 36.5 Å². The van der Waals surface area contributed by atoms with Crippen LogP contribution in [-0.4, -0.2) is 35.4 Å². The second-order valence-electron chi connectivity index (χ2n) is 8.03. The van der Waals surface area contributed by atoms with Gasteiger partial charge < -0.3 is 15.0 Å². The maximum atomic E-state index is 13.1. The van der Waals surface area contributed by atoms with Crippen molar-refractivity contribution in [1.29, 1.82) is 0 Å². The van der Waals surface area contributed by atoms with Crippen molar-refractivity contribution in [3.63, 3.8) is 0 Å². The first-order valence-corrected chi connectivity index (χ1v) is 10.9. The number of hydrogen-bond donors (Lipinski definition) is 1. The average molecular weight is 441 g/mol. The lowest BCUT2D eigenvalue weighted by Crippen LogP contribution is -2.39. The summed E-state index contributed by atoms with van der Waals surface area (Å²) < 4.78 is 5.41. The highest BCUT2D eigenvalue weighted by molar-refractivity contribution is 6.21. The lowest BCUT2D eigenvalue weighted by Gasteiger charge is -2.28. The van der Waals surface area contributed by atoms with Gasteiger partial charge in [-0.15, -0.1) is 0 Å². The lowest BCUT2D eigenvalue weighted by atomic mass is 9.95. The van der Waals surface area contributed by atoms with Crippen LogP contribution in [0, 0.1) is 0 Å². The molecule has 0 unspecified atom stereocenters. The van der Waals surface area contributed by atoms with Crippen LogP contribution in [-0.2, 0) is 17.8 Å². The molecule has 1 atom stereocenters. The Labute approximate surface area is 191 Å². The van der Waals surface area contributed by atoms with Crippen LogP contribution < -0.4 is 15.0 Å². The number of carbonyl (C=O) groups is 3. The van der Waals surface area contributed by atoms with Gasteiger partial charge in [-0.25, -0.2) is 9.69 Å². The highest BCUT2D eigenvalue weighted by atomic mass is 16.5. The molecule has 4 amide bonds. The molecule has 5 rings (SSSR count). The molecule has 0 aliphatic carbocycles. The molecule has 0 radical (unpaired) electrons. The summed E-state index contributed by atoms with van der Waals surface area (Å²) in [5.74, 6) is 0.220. The molecule has 166 valence electrons. The van der Waals surface area contributed by atoms with Crippen molar-refractivity contribution in [3.8, 4) is 5.75 Å². The number of imide groups is 1. The highest BCUT2D eigenvalue weighted by Crippen LogP contribution is 2.33. The van der Waals surface area contributed by atoms with Gasteiger partial charge in [0.2, 0.25) is 0 Å². The molecule has 2 aliphatic rings. The van der Waals surface area contributed by atoms with E-state index in [9.17, 15) is 14.4 Å². The zero-order chi connectivity index (χ0) is 22.9. The van der Waals surface area contributed by atoms with Crippen LogP contribution in [0.5, 0.6) is 5.75 Å².